The van der Waals surface area contributed by atoms with Crippen molar-refractivity contribution in [1.82, 2.24) is 4.98 Å². The first-order valence-electron chi connectivity index (χ1n) is 3.94. The molecule has 0 aliphatic rings. The lowest BCUT2D eigenvalue weighted by molar-refractivity contribution is 0.471. The van der Waals surface area contributed by atoms with Crippen LogP contribution in [0.2, 0.25) is 0 Å². The first kappa shape index (κ1) is 8.73. The predicted octanol–water partition coefficient (Wildman–Crippen LogP) is 2.39. The Labute approximate surface area is 84.9 Å². The molecule has 0 atom stereocenters. The maximum Gasteiger partial charge on any atom is 0.151 e. The molecular formula is C10H6N2OS. The predicted molar refractivity (Wildman–Crippen MR) is 53.9 cm³/mol. The largest absolute Gasteiger partial charge is 0.505 e. The summed E-state index contributed by atoms with van der Waals surface area (Å²) in [6.07, 6.45) is 1.30. The molecule has 14 heavy (non-hydrogen) atoms. The lowest BCUT2D eigenvalue weighted by Gasteiger charge is -1.98. The Morgan fingerprint density at radius 2 is 2.36 bits per heavy atom. The zero-order chi connectivity index (χ0) is 9.97. The molecule has 2 aromatic rings. The lowest BCUT2D eigenvalue weighted by Crippen LogP contribution is -1.83. The van der Waals surface area contributed by atoms with Crippen LogP contribution in [-0.2, 0) is 0 Å². The second kappa shape index (κ2) is 3.48. The molecule has 0 bridgehead atoms. The molecule has 3 nitrogen and oxygen atoms in total. The van der Waals surface area contributed by atoms with Crippen LogP contribution in [0.1, 0.15) is 5.56 Å². The summed E-state index contributed by atoms with van der Waals surface area (Å²) < 4.78 is 0. The summed E-state index contributed by atoms with van der Waals surface area (Å²) in [5.41, 5.74) is 0.970. The third kappa shape index (κ3) is 1.45. The van der Waals surface area contributed by atoms with Gasteiger partial charge in [0.25, 0.3) is 0 Å². The van der Waals surface area contributed by atoms with E-state index in [-0.39, 0.29) is 11.3 Å². The Balaban J connectivity index is 2.53. The number of thiophene rings is 1. The fraction of sp³-hybridized carbons (Fsp3) is 0. The van der Waals surface area contributed by atoms with Crippen LogP contribution in [0, 0.1) is 11.3 Å². The van der Waals surface area contributed by atoms with E-state index in [1.54, 1.807) is 17.4 Å². The van der Waals surface area contributed by atoms with Gasteiger partial charge in [-0.15, -0.1) is 11.3 Å². The highest BCUT2D eigenvalue weighted by molar-refractivity contribution is 7.13. The summed E-state index contributed by atoms with van der Waals surface area (Å²) >= 11 is 1.55. The van der Waals surface area contributed by atoms with Crippen molar-refractivity contribution < 1.29 is 5.11 Å². The maximum atomic E-state index is 9.25. The zero-order valence-corrected chi connectivity index (χ0v) is 7.95. The van der Waals surface area contributed by atoms with Crippen LogP contribution < -0.4 is 0 Å². The summed E-state index contributed by atoms with van der Waals surface area (Å²) in [7, 11) is 0. The summed E-state index contributed by atoms with van der Waals surface area (Å²) in [4.78, 5) is 5.03. The van der Waals surface area contributed by atoms with Crippen molar-refractivity contribution in [3.63, 3.8) is 0 Å². The molecule has 2 aromatic heterocycles. The van der Waals surface area contributed by atoms with Crippen LogP contribution in [0.5, 0.6) is 5.75 Å². The molecule has 4 heteroatoms. The van der Waals surface area contributed by atoms with E-state index in [1.165, 1.54) is 6.20 Å². The van der Waals surface area contributed by atoms with E-state index in [9.17, 15) is 5.11 Å². The third-order valence-electron chi connectivity index (χ3n) is 1.78. The molecule has 0 aliphatic carbocycles. The van der Waals surface area contributed by atoms with Gasteiger partial charge in [0.15, 0.2) is 5.75 Å². The number of hydrogen-bond donors (Lipinski definition) is 1. The number of pyridine rings is 1. The van der Waals surface area contributed by atoms with Crippen LogP contribution in [0.3, 0.4) is 0 Å². The monoisotopic (exact) mass is 202 g/mol. The van der Waals surface area contributed by atoms with E-state index in [0.29, 0.717) is 5.69 Å². The average Bonchev–Trinajstić information content (AvgIpc) is 2.71. The minimum absolute atomic E-state index is 0.0761. The quantitative estimate of drug-likeness (QED) is 0.772. The lowest BCUT2D eigenvalue weighted by atomic mass is 10.2. The van der Waals surface area contributed by atoms with Gasteiger partial charge in [-0.1, -0.05) is 6.07 Å². The smallest absolute Gasteiger partial charge is 0.151 e. The Morgan fingerprint density at radius 3 is 3.00 bits per heavy atom. The molecule has 0 amide bonds. The van der Waals surface area contributed by atoms with Gasteiger partial charge >= 0.3 is 0 Å². The Bertz CT molecular complexity index is 485. The standard InChI is InChI=1S/C10H6N2OS/c11-5-7-4-8(12-6-9(7)13)10-2-1-3-14-10/h1-4,6,13H. The number of hydrogen-bond acceptors (Lipinski definition) is 4. The molecule has 0 saturated carbocycles. The second-order valence-electron chi connectivity index (χ2n) is 2.68. The zero-order valence-electron chi connectivity index (χ0n) is 7.14. The molecular weight excluding hydrogens is 196 g/mol. The summed E-state index contributed by atoms with van der Waals surface area (Å²) in [5.74, 6) is -0.0761. The highest BCUT2D eigenvalue weighted by Crippen LogP contribution is 2.25. The molecule has 2 heterocycles. The van der Waals surface area contributed by atoms with Crippen molar-refractivity contribution in [2.75, 3.05) is 0 Å². The van der Waals surface area contributed by atoms with Crippen molar-refractivity contribution in [3.8, 4) is 22.4 Å². The second-order valence-corrected chi connectivity index (χ2v) is 3.62. The van der Waals surface area contributed by atoms with Gasteiger partial charge in [-0.3, -0.25) is 4.98 Å². The molecule has 0 radical (unpaired) electrons. The molecule has 0 unspecified atom stereocenters. The summed E-state index contributed by atoms with van der Waals surface area (Å²) in [6.45, 7) is 0. The van der Waals surface area contributed by atoms with E-state index in [1.807, 2.05) is 23.6 Å². The molecule has 1 N–H and O–H groups in total. The van der Waals surface area contributed by atoms with Crippen LogP contribution in [0.15, 0.2) is 29.8 Å². The average molecular weight is 202 g/mol. The first-order chi connectivity index (χ1) is 6.81. The number of aromatic nitrogens is 1. The van der Waals surface area contributed by atoms with Gasteiger partial charge in [0, 0.05) is 0 Å². The van der Waals surface area contributed by atoms with Crippen molar-refractivity contribution in [1.29, 1.82) is 5.26 Å². The van der Waals surface area contributed by atoms with Gasteiger partial charge in [0.05, 0.1) is 22.3 Å². The molecule has 0 fully saturated rings. The van der Waals surface area contributed by atoms with Crippen molar-refractivity contribution in [2.45, 2.75) is 0 Å². The van der Waals surface area contributed by atoms with Crippen LogP contribution in [0.4, 0.5) is 0 Å². The van der Waals surface area contributed by atoms with Crippen LogP contribution in [-0.4, -0.2) is 10.1 Å². The fourth-order valence-corrected chi connectivity index (χ4v) is 1.79. The highest BCUT2D eigenvalue weighted by atomic mass is 32.1. The SMILES string of the molecule is N#Cc1cc(-c2cccs2)ncc1O. The maximum absolute atomic E-state index is 9.25. The normalized spacial score (nSPS) is 9.64. The van der Waals surface area contributed by atoms with Crippen LogP contribution in [0.25, 0.3) is 10.6 Å². The van der Waals surface area contributed by atoms with E-state index in [4.69, 9.17) is 5.26 Å². The number of rotatable bonds is 1. The van der Waals surface area contributed by atoms with Gasteiger partial charge in [-0.2, -0.15) is 5.26 Å². The third-order valence-corrected chi connectivity index (χ3v) is 2.67. The highest BCUT2D eigenvalue weighted by Gasteiger charge is 2.05. The van der Waals surface area contributed by atoms with Crippen molar-refractivity contribution in [2.24, 2.45) is 0 Å². The Hall–Kier alpha value is -1.86. The van der Waals surface area contributed by atoms with E-state index in [0.717, 1.165) is 4.88 Å². The van der Waals surface area contributed by atoms with Gasteiger partial charge in [-0.25, -0.2) is 0 Å². The minimum atomic E-state index is -0.0761. The van der Waals surface area contributed by atoms with Gasteiger partial charge in [0.1, 0.15) is 6.07 Å². The topological polar surface area (TPSA) is 56.9 Å². The number of aromatic hydroxyl groups is 1. The molecule has 0 spiro atoms. The fourth-order valence-electron chi connectivity index (χ4n) is 1.10. The van der Waals surface area contributed by atoms with E-state index < -0.39 is 0 Å². The number of nitrogens with zero attached hydrogens (tertiary/aromatic N) is 2. The molecule has 2 rings (SSSR count). The molecule has 0 aromatic carbocycles. The van der Waals surface area contributed by atoms with Gasteiger partial charge in [0.2, 0.25) is 0 Å². The molecule has 0 saturated heterocycles. The minimum Gasteiger partial charge on any atom is -0.505 e. The van der Waals surface area contributed by atoms with Crippen LogP contribution >= 0.6 is 11.3 Å². The molecule has 68 valence electrons. The first-order valence-corrected chi connectivity index (χ1v) is 4.82. The summed E-state index contributed by atoms with van der Waals surface area (Å²) in [6, 6.07) is 7.34. The Morgan fingerprint density at radius 1 is 1.50 bits per heavy atom. The van der Waals surface area contributed by atoms with Gasteiger partial charge < -0.3 is 5.11 Å². The van der Waals surface area contributed by atoms with E-state index >= 15 is 0 Å². The van der Waals surface area contributed by atoms with Crippen molar-refractivity contribution >= 4 is 11.3 Å². The Kier molecular flexibility index (Phi) is 2.17. The summed E-state index contributed by atoms with van der Waals surface area (Å²) in [5, 5.41) is 19.9. The molecule has 0 aliphatic heterocycles. The number of nitriles is 1. The van der Waals surface area contributed by atoms with Gasteiger partial charge in [-0.05, 0) is 17.5 Å². The van der Waals surface area contributed by atoms with Crippen molar-refractivity contribution in [3.05, 3.63) is 35.3 Å². The van der Waals surface area contributed by atoms with E-state index in [2.05, 4.69) is 4.98 Å².